The molecule has 0 bridgehead atoms. The maximum Gasteiger partial charge on any atom is 0.165 e. The molecular weight excluding hydrogens is 280 g/mol. The topological polar surface area (TPSA) is 17.1 Å². The Morgan fingerprint density at radius 2 is 1.30 bits per heavy atom. The van der Waals surface area contributed by atoms with Gasteiger partial charge in [0, 0.05) is 11.5 Å². The second kappa shape index (κ2) is 13.3. The number of benzene rings is 1. The summed E-state index contributed by atoms with van der Waals surface area (Å²) in [5.74, 6) is 0.551. The van der Waals surface area contributed by atoms with E-state index in [0.717, 1.165) is 18.4 Å². The zero-order valence-electron chi connectivity index (χ0n) is 15.4. The van der Waals surface area contributed by atoms with Gasteiger partial charge in [-0.1, -0.05) is 108 Å². The highest BCUT2D eigenvalue weighted by molar-refractivity contribution is 5.97. The van der Waals surface area contributed by atoms with Crippen LogP contribution >= 0.6 is 0 Å². The Morgan fingerprint density at radius 3 is 1.83 bits per heavy atom. The van der Waals surface area contributed by atoms with E-state index in [1.165, 1.54) is 64.2 Å². The summed E-state index contributed by atoms with van der Waals surface area (Å²) >= 11 is 0. The van der Waals surface area contributed by atoms with Crippen molar-refractivity contribution in [1.29, 1.82) is 0 Å². The lowest BCUT2D eigenvalue weighted by molar-refractivity contribution is 0.0907. The Bertz CT molecular complexity index is 396. The summed E-state index contributed by atoms with van der Waals surface area (Å²) in [6.45, 7) is 4.41. The van der Waals surface area contributed by atoms with Crippen LogP contribution in [0.1, 0.15) is 101 Å². The van der Waals surface area contributed by atoms with Crippen LogP contribution in [0.2, 0.25) is 0 Å². The number of unbranched alkanes of at least 4 members (excludes halogenated alkanes) is 9. The molecule has 0 N–H and O–H groups in total. The maximum atomic E-state index is 12.5. The number of Topliss-reactive ketones (excluding diaryl/α,β-unsaturated/α-hetero) is 1. The lowest BCUT2D eigenvalue weighted by Gasteiger charge is -2.13. The molecule has 0 amide bonds. The zero-order valence-corrected chi connectivity index (χ0v) is 15.4. The largest absolute Gasteiger partial charge is 0.294 e. The summed E-state index contributed by atoms with van der Waals surface area (Å²) in [6, 6.07) is 9.79. The molecule has 1 atom stereocenters. The molecule has 0 aromatic heterocycles. The van der Waals surface area contributed by atoms with Crippen molar-refractivity contribution < 1.29 is 4.79 Å². The molecule has 130 valence electrons. The van der Waals surface area contributed by atoms with Gasteiger partial charge < -0.3 is 0 Å². The molecule has 0 saturated carbocycles. The Balaban J connectivity index is 2.08. The first-order chi connectivity index (χ1) is 11.3. The van der Waals surface area contributed by atoms with Crippen LogP contribution in [0.15, 0.2) is 30.3 Å². The van der Waals surface area contributed by atoms with E-state index in [4.69, 9.17) is 0 Å². The van der Waals surface area contributed by atoms with Gasteiger partial charge in [0.1, 0.15) is 0 Å². The second-order valence-electron chi connectivity index (χ2n) is 6.81. The minimum Gasteiger partial charge on any atom is -0.294 e. The van der Waals surface area contributed by atoms with E-state index >= 15 is 0 Å². The molecule has 0 aliphatic heterocycles. The van der Waals surface area contributed by atoms with Crippen LogP contribution in [-0.4, -0.2) is 5.78 Å². The Kier molecular flexibility index (Phi) is 11.6. The van der Waals surface area contributed by atoms with E-state index in [0.29, 0.717) is 5.78 Å². The molecule has 0 radical (unpaired) electrons. The number of ketones is 1. The molecule has 0 aliphatic rings. The summed E-state index contributed by atoms with van der Waals surface area (Å²) in [5.41, 5.74) is 0.881. The number of hydrogen-bond donors (Lipinski definition) is 0. The smallest absolute Gasteiger partial charge is 0.165 e. The summed E-state index contributed by atoms with van der Waals surface area (Å²) < 4.78 is 0. The summed E-state index contributed by atoms with van der Waals surface area (Å²) in [4.78, 5) is 12.5. The van der Waals surface area contributed by atoms with Crippen molar-refractivity contribution in [1.82, 2.24) is 0 Å². The Hall–Kier alpha value is -1.11. The molecule has 0 heterocycles. The summed E-state index contributed by atoms with van der Waals surface area (Å²) in [5, 5.41) is 0. The number of carbonyl (C=O) groups excluding carboxylic acids is 1. The average Bonchev–Trinajstić information content (AvgIpc) is 2.60. The van der Waals surface area contributed by atoms with E-state index in [-0.39, 0.29) is 5.92 Å². The average molecular weight is 317 g/mol. The number of carbonyl (C=O) groups is 1. The van der Waals surface area contributed by atoms with Gasteiger partial charge in [0.15, 0.2) is 5.78 Å². The first-order valence-electron chi connectivity index (χ1n) is 9.88. The first-order valence-corrected chi connectivity index (χ1v) is 9.88. The molecule has 1 unspecified atom stereocenters. The maximum absolute atomic E-state index is 12.5. The molecule has 23 heavy (non-hydrogen) atoms. The fraction of sp³-hybridized carbons (Fsp3) is 0.682. The van der Waals surface area contributed by atoms with Gasteiger partial charge >= 0.3 is 0 Å². The SMILES string of the molecule is CCCCCCCCCCCCC(CC)C(=O)c1ccccc1. The van der Waals surface area contributed by atoms with Crippen LogP contribution in [-0.2, 0) is 0 Å². The van der Waals surface area contributed by atoms with Crippen molar-refractivity contribution in [2.24, 2.45) is 5.92 Å². The summed E-state index contributed by atoms with van der Waals surface area (Å²) in [6.07, 6.45) is 15.6. The molecule has 1 aromatic rings. The highest BCUT2D eigenvalue weighted by atomic mass is 16.1. The standard InChI is InChI=1S/C22H36O/c1-3-5-6-7-8-9-10-11-12-14-17-20(4-2)22(23)21-18-15-13-16-19-21/h13,15-16,18-20H,3-12,14,17H2,1-2H3. The van der Waals surface area contributed by atoms with Crippen molar-refractivity contribution in [3.8, 4) is 0 Å². The van der Waals surface area contributed by atoms with Gasteiger partial charge in [-0.15, -0.1) is 0 Å². The van der Waals surface area contributed by atoms with Crippen molar-refractivity contribution >= 4 is 5.78 Å². The van der Waals surface area contributed by atoms with Crippen LogP contribution in [0.5, 0.6) is 0 Å². The van der Waals surface area contributed by atoms with E-state index in [9.17, 15) is 4.79 Å². The normalized spacial score (nSPS) is 12.3. The summed E-state index contributed by atoms with van der Waals surface area (Å²) in [7, 11) is 0. The van der Waals surface area contributed by atoms with Gasteiger partial charge in [-0.2, -0.15) is 0 Å². The van der Waals surface area contributed by atoms with E-state index in [2.05, 4.69) is 13.8 Å². The third-order valence-corrected chi connectivity index (χ3v) is 4.83. The molecule has 1 aromatic carbocycles. The van der Waals surface area contributed by atoms with Gasteiger partial charge in [0.25, 0.3) is 0 Å². The van der Waals surface area contributed by atoms with Gasteiger partial charge in [0.2, 0.25) is 0 Å². The highest BCUT2D eigenvalue weighted by Crippen LogP contribution is 2.20. The predicted octanol–water partition coefficient (Wildman–Crippen LogP) is 7.21. The predicted molar refractivity (Wildman–Crippen MR) is 101 cm³/mol. The second-order valence-corrected chi connectivity index (χ2v) is 6.81. The van der Waals surface area contributed by atoms with E-state index < -0.39 is 0 Å². The molecule has 0 fully saturated rings. The van der Waals surface area contributed by atoms with Crippen LogP contribution in [0.4, 0.5) is 0 Å². The monoisotopic (exact) mass is 316 g/mol. The Morgan fingerprint density at radius 1 is 0.783 bits per heavy atom. The van der Waals surface area contributed by atoms with Gasteiger partial charge in [0.05, 0.1) is 0 Å². The third kappa shape index (κ3) is 8.93. The lowest BCUT2D eigenvalue weighted by Crippen LogP contribution is -2.13. The van der Waals surface area contributed by atoms with E-state index in [1.807, 2.05) is 30.3 Å². The fourth-order valence-corrected chi connectivity index (χ4v) is 3.24. The van der Waals surface area contributed by atoms with Gasteiger partial charge in [-0.05, 0) is 12.8 Å². The zero-order chi connectivity index (χ0) is 16.8. The molecule has 0 saturated heterocycles. The molecule has 0 aliphatic carbocycles. The Labute approximate surface area is 143 Å². The lowest BCUT2D eigenvalue weighted by atomic mass is 9.90. The molecule has 1 rings (SSSR count). The van der Waals surface area contributed by atoms with Gasteiger partial charge in [-0.3, -0.25) is 4.79 Å². The third-order valence-electron chi connectivity index (χ3n) is 4.83. The number of hydrogen-bond acceptors (Lipinski definition) is 1. The van der Waals surface area contributed by atoms with Crippen LogP contribution in [0.3, 0.4) is 0 Å². The van der Waals surface area contributed by atoms with Crippen molar-refractivity contribution in [3.05, 3.63) is 35.9 Å². The highest BCUT2D eigenvalue weighted by Gasteiger charge is 2.17. The van der Waals surface area contributed by atoms with Crippen LogP contribution in [0.25, 0.3) is 0 Å². The molecule has 0 spiro atoms. The first kappa shape index (κ1) is 19.9. The van der Waals surface area contributed by atoms with E-state index in [1.54, 1.807) is 0 Å². The number of rotatable bonds is 14. The van der Waals surface area contributed by atoms with Crippen molar-refractivity contribution in [2.75, 3.05) is 0 Å². The minimum atomic E-state index is 0.214. The van der Waals surface area contributed by atoms with Gasteiger partial charge in [-0.25, -0.2) is 0 Å². The van der Waals surface area contributed by atoms with Crippen molar-refractivity contribution in [2.45, 2.75) is 90.9 Å². The van der Waals surface area contributed by atoms with Crippen LogP contribution in [0, 0.1) is 5.92 Å². The quantitative estimate of drug-likeness (QED) is 0.262. The molecule has 1 heteroatoms. The minimum absolute atomic E-state index is 0.214. The molecule has 1 nitrogen and oxygen atoms in total. The van der Waals surface area contributed by atoms with Crippen LogP contribution < -0.4 is 0 Å². The fourth-order valence-electron chi connectivity index (χ4n) is 3.24. The van der Waals surface area contributed by atoms with Crippen molar-refractivity contribution in [3.63, 3.8) is 0 Å². The molecular formula is C22H36O.